The van der Waals surface area contributed by atoms with Crippen molar-refractivity contribution in [2.45, 2.75) is 480 Å². The molecule has 0 aliphatic carbocycles. The quantitative estimate of drug-likeness (QED) is 0.0118. The maximum Gasteiger partial charge on any atom is 0.470 e. The van der Waals surface area contributed by atoms with E-state index in [0.717, 1.165) is 154 Å². The van der Waals surface area contributed by atoms with Crippen LogP contribution < -0.4 is 10.6 Å². The van der Waals surface area contributed by atoms with Gasteiger partial charge in [0.2, 0.25) is 11.8 Å². The molecule has 2 rings (SSSR count). The first-order chi connectivity index (χ1) is 50.8. The lowest BCUT2D eigenvalue weighted by molar-refractivity contribution is -0.297. The molecule has 0 aromatic heterocycles. The van der Waals surface area contributed by atoms with E-state index in [1.165, 1.54) is 128 Å². The fourth-order valence-corrected chi connectivity index (χ4v) is 15.0. The summed E-state index contributed by atoms with van der Waals surface area (Å²) in [6.07, 6.45) is 34.5. The zero-order valence-electron chi connectivity index (χ0n) is 66.6. The van der Waals surface area contributed by atoms with Crippen molar-refractivity contribution >= 4 is 37.5 Å². The van der Waals surface area contributed by atoms with Crippen molar-refractivity contribution in [3.05, 3.63) is 0 Å². The molecule has 0 radical (unpaired) electrons. The molecule has 23 heteroatoms. The van der Waals surface area contributed by atoms with Crippen LogP contribution in [0.5, 0.6) is 0 Å². The number of phosphoric ester groups is 1. The number of aliphatic hydroxyl groups excluding tert-OH is 5. The number of esters is 3. The summed E-state index contributed by atoms with van der Waals surface area (Å²) in [6.45, 7) is 9.19. The Kier molecular flexibility index (Phi) is 60.6. The van der Waals surface area contributed by atoms with Crippen LogP contribution in [0.4, 0.5) is 0 Å². The number of hydrogen-bond donors (Lipinski definition) is 9. The molecule has 22 nitrogen and oxygen atoms in total. The Hall–Kier alpha value is -2.86. The van der Waals surface area contributed by atoms with Gasteiger partial charge in [-0.05, 0) is 44.9 Å². The fourth-order valence-electron chi connectivity index (χ4n) is 14.4. The standard InChI is InChI=1S/C82H155N2O20P/c1-6-11-16-21-26-31-33-38-43-48-53-58-72(89)99-66(56-51-46-41-36-29-24-19-14-9-4)61-71(88)84-76-80(103-74(91)62-67(57-52-47-42-37-30-25-20-15-10-5)100-73(90)59-54-49-44-39-34-32-27-22-17-12-7-2)79(104-105(95,96)97)68(63-85)102-82(76)98-64-69-77(92)78(93)75(81(94)101-69)83-70(87)60-65(86)55-50-45-40-35-28-23-18-13-8-3/h65-69,75-82,85-86,92-94H,6-64H2,1-5H3,(H,83,87)(H,84,88)(H2,95,96,97)/t65-,66-,67-,68?,69?,75?,76?,77-,78-,79-,80-,81+,82-/m1/s1. The molecule has 0 spiro atoms. The van der Waals surface area contributed by atoms with E-state index >= 15 is 0 Å². The second-order valence-electron chi connectivity index (χ2n) is 30.7. The van der Waals surface area contributed by atoms with E-state index in [4.69, 9.17) is 32.9 Å². The lowest BCUT2D eigenvalue weighted by Gasteiger charge is -2.46. The summed E-state index contributed by atoms with van der Waals surface area (Å²) in [5.41, 5.74) is 0. The maximum absolute atomic E-state index is 14.8. The third kappa shape index (κ3) is 50.6. The number of carbonyl (C=O) groups excluding carboxylic acids is 5. The molecule has 2 fully saturated rings. The van der Waals surface area contributed by atoms with E-state index in [1.807, 2.05) is 0 Å². The van der Waals surface area contributed by atoms with Gasteiger partial charge in [0.15, 0.2) is 18.7 Å². The van der Waals surface area contributed by atoms with Gasteiger partial charge in [-0.25, -0.2) is 4.57 Å². The summed E-state index contributed by atoms with van der Waals surface area (Å²) in [7, 11) is -5.56. The first-order valence-corrected chi connectivity index (χ1v) is 44.5. The number of rotatable bonds is 71. The van der Waals surface area contributed by atoms with Crippen molar-refractivity contribution in [3.63, 3.8) is 0 Å². The number of ether oxygens (including phenoxy) is 6. The van der Waals surface area contributed by atoms with Crippen LogP contribution in [0.15, 0.2) is 0 Å². The first kappa shape index (κ1) is 98.2. The Labute approximate surface area is 635 Å². The SMILES string of the molecule is CCCCCCCCCCCCCC(=O)O[C@H](CCCCCCCCCCC)CC(=O)NC1[C@H](OCC2O[C@H](O)C(NC(=O)C[C@H](O)CCCCCCCCCCC)[C@@H](O)[C@@H]2O)OC(CO)[C@@H](OP(=O)(O)O)[C@@H]1OC(=O)C[C@@H](CCCCCCCCCCC)OC(=O)CCCCCCCCCCCCC. The molecule has 9 N–H and O–H groups in total. The monoisotopic (exact) mass is 1520 g/mol. The molecule has 0 aromatic carbocycles. The van der Waals surface area contributed by atoms with Crippen molar-refractivity contribution in [2.24, 2.45) is 0 Å². The molecule has 0 saturated carbocycles. The highest BCUT2D eigenvalue weighted by atomic mass is 31.2. The van der Waals surface area contributed by atoms with Gasteiger partial charge in [0.1, 0.15) is 54.8 Å². The third-order valence-corrected chi connectivity index (χ3v) is 21.4. The van der Waals surface area contributed by atoms with Crippen LogP contribution in [-0.2, 0) is 61.5 Å². The van der Waals surface area contributed by atoms with Crippen LogP contribution in [0.3, 0.4) is 0 Å². The summed E-state index contributed by atoms with van der Waals surface area (Å²) in [6, 6.07) is -3.31. The van der Waals surface area contributed by atoms with Crippen LogP contribution in [0.1, 0.15) is 401 Å². The van der Waals surface area contributed by atoms with Gasteiger partial charge in [0.05, 0.1) is 38.6 Å². The Balaban J connectivity index is 2.52. The van der Waals surface area contributed by atoms with Crippen molar-refractivity contribution in [3.8, 4) is 0 Å². The molecule has 2 amide bonds. The summed E-state index contributed by atoms with van der Waals surface area (Å²) >= 11 is 0. The normalized spacial score (nSPS) is 21.4. The van der Waals surface area contributed by atoms with Gasteiger partial charge in [0.25, 0.3) is 0 Å². The van der Waals surface area contributed by atoms with Gasteiger partial charge in [-0.2, -0.15) is 0 Å². The highest BCUT2D eigenvalue weighted by Crippen LogP contribution is 2.43. The number of hydrogen-bond acceptors (Lipinski definition) is 18. The molecule has 2 aliphatic heterocycles. The fraction of sp³-hybridized carbons (Fsp3) is 0.939. The second kappa shape index (κ2) is 64.8. The Bertz CT molecular complexity index is 2180. The van der Waals surface area contributed by atoms with E-state index in [2.05, 4.69) is 45.3 Å². The molecule has 2 heterocycles. The van der Waals surface area contributed by atoms with Crippen molar-refractivity contribution in [1.29, 1.82) is 0 Å². The molecule has 2 saturated heterocycles. The van der Waals surface area contributed by atoms with E-state index in [0.29, 0.717) is 51.4 Å². The largest absolute Gasteiger partial charge is 0.470 e. The van der Waals surface area contributed by atoms with Gasteiger partial charge < -0.3 is 74.4 Å². The van der Waals surface area contributed by atoms with Crippen LogP contribution in [0, 0.1) is 0 Å². The molecule has 105 heavy (non-hydrogen) atoms. The molecule has 2 aliphatic rings. The third-order valence-electron chi connectivity index (χ3n) is 20.8. The molecular formula is C82H155N2O20P. The lowest BCUT2D eigenvalue weighted by Crippen LogP contribution is -2.67. The highest BCUT2D eigenvalue weighted by molar-refractivity contribution is 7.46. The molecule has 0 bridgehead atoms. The topological polar surface area (TPSA) is 333 Å². The van der Waals surface area contributed by atoms with Crippen molar-refractivity contribution < 1.29 is 96.8 Å². The minimum Gasteiger partial charge on any atom is -0.462 e. The van der Waals surface area contributed by atoms with Gasteiger partial charge in [-0.1, -0.05) is 324 Å². The Morgan fingerprint density at radius 2 is 0.743 bits per heavy atom. The average molecular weight is 1520 g/mol. The Morgan fingerprint density at radius 1 is 0.400 bits per heavy atom. The average Bonchev–Trinajstić information content (AvgIpc) is 0.771. The minimum atomic E-state index is -5.56. The van der Waals surface area contributed by atoms with E-state index < -0.39 is 143 Å². The molecule has 618 valence electrons. The number of amides is 2. The van der Waals surface area contributed by atoms with Crippen LogP contribution in [-0.4, -0.2) is 158 Å². The predicted octanol–water partition coefficient (Wildman–Crippen LogP) is 17.0. The number of nitrogens with one attached hydrogen (secondary N) is 2. The summed E-state index contributed by atoms with van der Waals surface area (Å²) < 4.78 is 54.8. The van der Waals surface area contributed by atoms with Gasteiger partial charge in [0, 0.05) is 12.8 Å². The van der Waals surface area contributed by atoms with Gasteiger partial charge in [-0.3, -0.25) is 28.5 Å². The number of carbonyl (C=O) groups is 5. The smallest absolute Gasteiger partial charge is 0.462 e. The number of aliphatic hydroxyl groups is 5. The van der Waals surface area contributed by atoms with E-state index in [1.54, 1.807) is 0 Å². The first-order valence-electron chi connectivity index (χ1n) is 43.0. The summed E-state index contributed by atoms with van der Waals surface area (Å²) in [4.78, 5) is 91.0. The van der Waals surface area contributed by atoms with Crippen LogP contribution in [0.25, 0.3) is 0 Å². The molecule has 0 aromatic rings. The van der Waals surface area contributed by atoms with Crippen LogP contribution in [0.2, 0.25) is 0 Å². The molecule has 13 atom stereocenters. The lowest BCUT2D eigenvalue weighted by atomic mass is 9.95. The highest BCUT2D eigenvalue weighted by Gasteiger charge is 2.53. The van der Waals surface area contributed by atoms with E-state index in [-0.39, 0.29) is 19.3 Å². The molecular weight excluding hydrogens is 1360 g/mol. The van der Waals surface area contributed by atoms with E-state index in [9.17, 15) is 63.9 Å². The minimum absolute atomic E-state index is 0.130. The molecule has 4 unspecified atom stereocenters. The van der Waals surface area contributed by atoms with Gasteiger partial charge >= 0.3 is 25.7 Å². The maximum atomic E-state index is 14.8. The zero-order valence-corrected chi connectivity index (χ0v) is 67.5. The van der Waals surface area contributed by atoms with Crippen LogP contribution >= 0.6 is 7.82 Å². The Morgan fingerprint density at radius 3 is 1.12 bits per heavy atom. The van der Waals surface area contributed by atoms with Crippen molar-refractivity contribution in [2.75, 3.05) is 13.2 Å². The van der Waals surface area contributed by atoms with Gasteiger partial charge in [-0.15, -0.1) is 0 Å². The summed E-state index contributed by atoms with van der Waals surface area (Å²) in [5, 5.41) is 61.3. The number of phosphoric acid groups is 1. The van der Waals surface area contributed by atoms with Crippen molar-refractivity contribution in [1.82, 2.24) is 10.6 Å². The number of unbranched alkanes of at least 4 members (excludes halogenated alkanes) is 44. The zero-order chi connectivity index (χ0) is 77.0. The summed E-state index contributed by atoms with van der Waals surface area (Å²) in [5.74, 6) is -3.45. The predicted molar refractivity (Wildman–Crippen MR) is 413 cm³/mol. The second-order valence-corrected chi connectivity index (χ2v) is 31.9.